The van der Waals surface area contributed by atoms with Crippen LogP contribution in [0.4, 0.5) is 0 Å². The topological polar surface area (TPSA) is 52.4 Å². The lowest BCUT2D eigenvalue weighted by Gasteiger charge is -2.08. The molecule has 0 amide bonds. The standard InChI is InChI=1S/C17H21NO3/c1-4-9-16(18(19)20)14(2)11-8-13-21-17-12-7-5-6-10-15(17)3/h4-11H,12-13H2,1-3H3/b9-4-,11-8+,16-14+. The molecule has 0 aromatic heterocycles. The van der Waals surface area contributed by atoms with Gasteiger partial charge in [0, 0.05) is 18.1 Å². The SMILES string of the molecule is C\C=C/C(=C(C)\C=C\COC1=C(C)C=CC=CC1)[N+](=O)[O-]. The number of rotatable bonds is 6. The number of allylic oxidation sites excluding steroid dienone is 9. The summed E-state index contributed by atoms with van der Waals surface area (Å²) in [5.74, 6) is 0.925. The van der Waals surface area contributed by atoms with Crippen molar-refractivity contribution in [2.45, 2.75) is 27.2 Å². The first-order chi connectivity index (χ1) is 10.1. The highest BCUT2D eigenvalue weighted by molar-refractivity contribution is 5.29. The normalized spacial score (nSPS) is 16.5. The summed E-state index contributed by atoms with van der Waals surface area (Å²) in [4.78, 5) is 10.5. The fourth-order valence-corrected chi connectivity index (χ4v) is 1.83. The minimum Gasteiger partial charge on any atom is -0.493 e. The predicted molar refractivity (Wildman–Crippen MR) is 85.2 cm³/mol. The molecule has 0 aromatic rings. The monoisotopic (exact) mass is 287 g/mol. The summed E-state index contributed by atoms with van der Waals surface area (Å²) in [5, 5.41) is 10.9. The fourth-order valence-electron chi connectivity index (χ4n) is 1.83. The van der Waals surface area contributed by atoms with E-state index in [-0.39, 0.29) is 10.6 Å². The van der Waals surface area contributed by atoms with Gasteiger partial charge in [0.25, 0.3) is 5.70 Å². The van der Waals surface area contributed by atoms with Crippen LogP contribution in [0.25, 0.3) is 0 Å². The van der Waals surface area contributed by atoms with E-state index in [1.807, 2.05) is 31.2 Å². The van der Waals surface area contributed by atoms with Crippen molar-refractivity contribution in [2.75, 3.05) is 6.61 Å². The third-order valence-corrected chi connectivity index (χ3v) is 2.98. The Balaban J connectivity index is 2.66. The van der Waals surface area contributed by atoms with E-state index in [0.29, 0.717) is 12.2 Å². The van der Waals surface area contributed by atoms with Crippen LogP contribution >= 0.6 is 0 Å². The van der Waals surface area contributed by atoms with Crippen LogP contribution in [0.15, 0.2) is 71.2 Å². The maximum Gasteiger partial charge on any atom is 0.271 e. The number of ether oxygens (including phenoxy) is 1. The second kappa shape index (κ2) is 8.74. The molecule has 112 valence electrons. The summed E-state index contributed by atoms with van der Waals surface area (Å²) in [6.07, 6.45) is 15.4. The Hall–Kier alpha value is -2.36. The third kappa shape index (κ3) is 5.65. The molecule has 0 fully saturated rings. The highest BCUT2D eigenvalue weighted by Crippen LogP contribution is 2.16. The summed E-state index contributed by atoms with van der Waals surface area (Å²) in [5.41, 5.74) is 1.80. The zero-order valence-corrected chi connectivity index (χ0v) is 12.7. The fraction of sp³-hybridized carbons (Fsp3) is 0.294. The maximum absolute atomic E-state index is 10.9. The molecular formula is C17H21NO3. The summed E-state index contributed by atoms with van der Waals surface area (Å²) in [6, 6.07) is 0. The molecule has 4 heteroatoms. The molecule has 0 heterocycles. The summed E-state index contributed by atoms with van der Waals surface area (Å²) in [7, 11) is 0. The lowest BCUT2D eigenvalue weighted by atomic mass is 10.2. The van der Waals surface area contributed by atoms with E-state index < -0.39 is 0 Å². The molecular weight excluding hydrogens is 266 g/mol. The van der Waals surface area contributed by atoms with Crippen LogP contribution in [0.2, 0.25) is 0 Å². The smallest absolute Gasteiger partial charge is 0.271 e. The molecule has 4 nitrogen and oxygen atoms in total. The van der Waals surface area contributed by atoms with Gasteiger partial charge in [0.2, 0.25) is 0 Å². The van der Waals surface area contributed by atoms with Gasteiger partial charge in [-0.15, -0.1) is 0 Å². The first-order valence-corrected chi connectivity index (χ1v) is 6.86. The van der Waals surface area contributed by atoms with Crippen LogP contribution in [-0.4, -0.2) is 11.5 Å². The van der Waals surface area contributed by atoms with Crippen molar-refractivity contribution in [3.8, 4) is 0 Å². The van der Waals surface area contributed by atoms with Gasteiger partial charge in [-0.3, -0.25) is 10.1 Å². The van der Waals surface area contributed by atoms with E-state index in [1.54, 1.807) is 32.1 Å². The van der Waals surface area contributed by atoms with E-state index in [1.165, 1.54) is 6.08 Å². The first-order valence-electron chi connectivity index (χ1n) is 6.86. The van der Waals surface area contributed by atoms with Gasteiger partial charge in [-0.1, -0.05) is 36.5 Å². The number of nitrogens with zero attached hydrogens (tertiary/aromatic N) is 1. The van der Waals surface area contributed by atoms with E-state index in [2.05, 4.69) is 0 Å². The van der Waals surface area contributed by atoms with E-state index in [4.69, 9.17) is 4.74 Å². The van der Waals surface area contributed by atoms with Crippen LogP contribution in [0.1, 0.15) is 27.2 Å². The highest BCUT2D eigenvalue weighted by atomic mass is 16.6. The predicted octanol–water partition coefficient (Wildman–Crippen LogP) is 4.48. The van der Waals surface area contributed by atoms with E-state index in [9.17, 15) is 10.1 Å². The molecule has 0 N–H and O–H groups in total. The van der Waals surface area contributed by atoms with Crippen molar-refractivity contribution in [2.24, 2.45) is 0 Å². The second-order valence-corrected chi connectivity index (χ2v) is 4.64. The van der Waals surface area contributed by atoms with Gasteiger partial charge in [0.05, 0.1) is 4.92 Å². The number of nitro groups is 1. The van der Waals surface area contributed by atoms with Crippen LogP contribution in [-0.2, 0) is 4.74 Å². The quantitative estimate of drug-likeness (QED) is 0.411. The lowest BCUT2D eigenvalue weighted by Crippen LogP contribution is -1.98. The number of hydrogen-bond donors (Lipinski definition) is 0. The Morgan fingerprint density at radius 2 is 2.19 bits per heavy atom. The molecule has 0 atom stereocenters. The second-order valence-electron chi connectivity index (χ2n) is 4.64. The van der Waals surface area contributed by atoms with Crippen LogP contribution < -0.4 is 0 Å². The van der Waals surface area contributed by atoms with Crippen molar-refractivity contribution < 1.29 is 9.66 Å². The van der Waals surface area contributed by atoms with Crippen LogP contribution in [0, 0.1) is 10.1 Å². The Bertz CT molecular complexity index is 561. The zero-order chi connectivity index (χ0) is 15.7. The molecule has 0 bridgehead atoms. The Labute approximate surface area is 125 Å². The van der Waals surface area contributed by atoms with Gasteiger partial charge in [-0.25, -0.2) is 0 Å². The lowest BCUT2D eigenvalue weighted by molar-refractivity contribution is -0.419. The minimum atomic E-state index is -0.381. The molecule has 0 saturated heterocycles. The van der Waals surface area contributed by atoms with Crippen molar-refractivity contribution in [3.05, 3.63) is 81.3 Å². The van der Waals surface area contributed by atoms with Gasteiger partial charge in [-0.05, 0) is 32.4 Å². The van der Waals surface area contributed by atoms with Crippen LogP contribution in [0.5, 0.6) is 0 Å². The van der Waals surface area contributed by atoms with Gasteiger partial charge < -0.3 is 4.74 Å². The Morgan fingerprint density at radius 3 is 2.86 bits per heavy atom. The highest BCUT2D eigenvalue weighted by Gasteiger charge is 2.08. The minimum absolute atomic E-state index is 0.101. The molecule has 1 aliphatic carbocycles. The van der Waals surface area contributed by atoms with Crippen molar-refractivity contribution in [1.82, 2.24) is 0 Å². The van der Waals surface area contributed by atoms with Crippen LogP contribution in [0.3, 0.4) is 0 Å². The number of hydrogen-bond acceptors (Lipinski definition) is 3. The summed E-state index contributed by atoms with van der Waals surface area (Å²) in [6.45, 7) is 5.87. The summed E-state index contributed by atoms with van der Waals surface area (Å²) >= 11 is 0. The average molecular weight is 287 g/mol. The van der Waals surface area contributed by atoms with Gasteiger partial charge >= 0.3 is 0 Å². The van der Waals surface area contributed by atoms with Gasteiger partial charge in [0.1, 0.15) is 12.4 Å². The Morgan fingerprint density at radius 1 is 1.43 bits per heavy atom. The van der Waals surface area contributed by atoms with Crippen molar-refractivity contribution in [3.63, 3.8) is 0 Å². The van der Waals surface area contributed by atoms with Gasteiger partial charge in [0.15, 0.2) is 0 Å². The molecule has 1 rings (SSSR count). The van der Waals surface area contributed by atoms with E-state index in [0.717, 1.165) is 17.8 Å². The largest absolute Gasteiger partial charge is 0.493 e. The molecule has 0 aliphatic heterocycles. The van der Waals surface area contributed by atoms with E-state index >= 15 is 0 Å². The molecule has 0 spiro atoms. The summed E-state index contributed by atoms with van der Waals surface area (Å²) < 4.78 is 5.71. The zero-order valence-electron chi connectivity index (χ0n) is 12.7. The molecule has 0 unspecified atom stereocenters. The molecule has 0 radical (unpaired) electrons. The first kappa shape index (κ1) is 16.7. The van der Waals surface area contributed by atoms with Crippen molar-refractivity contribution >= 4 is 0 Å². The van der Waals surface area contributed by atoms with Crippen molar-refractivity contribution in [1.29, 1.82) is 0 Å². The third-order valence-electron chi connectivity index (χ3n) is 2.98. The maximum atomic E-state index is 10.9. The average Bonchev–Trinajstić information content (AvgIpc) is 2.65. The molecule has 21 heavy (non-hydrogen) atoms. The molecule has 0 saturated carbocycles. The molecule has 0 aromatic carbocycles. The van der Waals surface area contributed by atoms with Gasteiger partial charge in [-0.2, -0.15) is 0 Å². The molecule has 1 aliphatic rings. The Kier molecular flexibility index (Phi) is 6.95.